The molecule has 0 bridgehead atoms. The van der Waals surface area contributed by atoms with Crippen LogP contribution in [-0.4, -0.2) is 5.75 Å². The van der Waals surface area contributed by atoms with Crippen molar-refractivity contribution in [3.05, 3.63) is 11.6 Å². The minimum absolute atomic E-state index is 0.906. The van der Waals surface area contributed by atoms with Gasteiger partial charge in [0, 0.05) is 5.75 Å². The first-order chi connectivity index (χ1) is 4.31. The molecule has 0 saturated heterocycles. The molecule has 0 spiro atoms. The molecular formula is C8H16S. The summed E-state index contributed by atoms with van der Waals surface area (Å²) in [6, 6.07) is 0. The van der Waals surface area contributed by atoms with Crippen LogP contribution in [0.2, 0.25) is 0 Å². The highest BCUT2D eigenvalue weighted by Gasteiger charge is 1.82. The van der Waals surface area contributed by atoms with Gasteiger partial charge >= 0.3 is 0 Å². The predicted molar refractivity (Wildman–Crippen MR) is 47.1 cm³/mol. The van der Waals surface area contributed by atoms with Crippen molar-refractivity contribution < 1.29 is 0 Å². The molecule has 0 unspecified atom stereocenters. The first kappa shape index (κ1) is 9.09. The molecule has 0 heterocycles. The van der Waals surface area contributed by atoms with E-state index < -0.39 is 0 Å². The van der Waals surface area contributed by atoms with Gasteiger partial charge in [0.1, 0.15) is 0 Å². The Morgan fingerprint density at radius 1 is 1.56 bits per heavy atom. The monoisotopic (exact) mass is 144 g/mol. The molecule has 0 aliphatic heterocycles. The highest BCUT2D eigenvalue weighted by atomic mass is 32.1. The highest BCUT2D eigenvalue weighted by molar-refractivity contribution is 7.80. The highest BCUT2D eigenvalue weighted by Crippen LogP contribution is 2.01. The molecule has 0 N–H and O–H groups in total. The van der Waals surface area contributed by atoms with Crippen molar-refractivity contribution in [3.8, 4) is 0 Å². The molecular weight excluding hydrogens is 128 g/mol. The Balaban J connectivity index is 3.21. The summed E-state index contributed by atoms with van der Waals surface area (Å²) in [5.74, 6) is 0.906. The lowest BCUT2D eigenvalue weighted by Gasteiger charge is -1.92. The molecule has 0 aromatic rings. The van der Waals surface area contributed by atoms with Crippen molar-refractivity contribution in [2.24, 2.45) is 0 Å². The van der Waals surface area contributed by atoms with Crippen LogP contribution in [0, 0.1) is 0 Å². The van der Waals surface area contributed by atoms with E-state index in [2.05, 4.69) is 32.6 Å². The largest absolute Gasteiger partial charge is 0.175 e. The second-order valence-corrected chi connectivity index (χ2v) is 2.67. The number of rotatable bonds is 4. The van der Waals surface area contributed by atoms with Gasteiger partial charge in [-0.2, -0.15) is 12.6 Å². The second-order valence-electron chi connectivity index (χ2n) is 2.35. The van der Waals surface area contributed by atoms with Crippen molar-refractivity contribution in [1.82, 2.24) is 0 Å². The van der Waals surface area contributed by atoms with Gasteiger partial charge in [0.05, 0.1) is 0 Å². The SMILES string of the molecule is CCCCC=C(C)CS. The third-order valence-electron chi connectivity index (χ3n) is 1.30. The number of hydrogen-bond acceptors (Lipinski definition) is 1. The lowest BCUT2D eigenvalue weighted by molar-refractivity contribution is 0.811. The van der Waals surface area contributed by atoms with Crippen LogP contribution in [0.25, 0.3) is 0 Å². The minimum atomic E-state index is 0.906. The van der Waals surface area contributed by atoms with Gasteiger partial charge in [0.2, 0.25) is 0 Å². The fraction of sp³-hybridized carbons (Fsp3) is 0.750. The molecule has 0 aromatic carbocycles. The Bertz CT molecular complexity index is 84.6. The summed E-state index contributed by atoms with van der Waals surface area (Å²) in [5.41, 5.74) is 1.40. The third kappa shape index (κ3) is 5.97. The zero-order valence-electron chi connectivity index (χ0n) is 6.35. The predicted octanol–water partition coefficient (Wildman–Crippen LogP) is 3.05. The Hall–Kier alpha value is 0.0900. The smallest absolute Gasteiger partial charge is 0.0110 e. The van der Waals surface area contributed by atoms with E-state index in [0.717, 1.165) is 5.75 Å². The van der Waals surface area contributed by atoms with Crippen molar-refractivity contribution >= 4 is 12.6 Å². The Morgan fingerprint density at radius 3 is 2.67 bits per heavy atom. The van der Waals surface area contributed by atoms with Gasteiger partial charge in [-0.3, -0.25) is 0 Å². The molecule has 9 heavy (non-hydrogen) atoms. The van der Waals surface area contributed by atoms with Crippen LogP contribution in [0.15, 0.2) is 11.6 Å². The van der Waals surface area contributed by atoms with Crippen LogP contribution < -0.4 is 0 Å². The van der Waals surface area contributed by atoms with Crippen molar-refractivity contribution in [1.29, 1.82) is 0 Å². The van der Waals surface area contributed by atoms with Gasteiger partial charge in [-0.05, 0) is 13.3 Å². The van der Waals surface area contributed by atoms with Crippen LogP contribution in [0.5, 0.6) is 0 Å². The fourth-order valence-corrected chi connectivity index (χ4v) is 0.746. The third-order valence-corrected chi connectivity index (χ3v) is 1.80. The summed E-state index contributed by atoms with van der Waals surface area (Å²) in [6.45, 7) is 4.34. The number of unbranched alkanes of at least 4 members (excludes halogenated alkanes) is 2. The average molecular weight is 144 g/mol. The molecule has 0 saturated carbocycles. The van der Waals surface area contributed by atoms with E-state index in [1.165, 1.54) is 24.8 Å². The van der Waals surface area contributed by atoms with Crippen LogP contribution in [0.1, 0.15) is 33.1 Å². The van der Waals surface area contributed by atoms with Crippen LogP contribution in [0.4, 0.5) is 0 Å². The first-order valence-corrected chi connectivity index (χ1v) is 4.21. The number of allylic oxidation sites excluding steroid dienone is 1. The molecule has 54 valence electrons. The van der Waals surface area contributed by atoms with Crippen LogP contribution in [-0.2, 0) is 0 Å². The van der Waals surface area contributed by atoms with E-state index in [4.69, 9.17) is 0 Å². The zero-order chi connectivity index (χ0) is 7.11. The van der Waals surface area contributed by atoms with E-state index in [1.807, 2.05) is 0 Å². The summed E-state index contributed by atoms with van der Waals surface area (Å²) >= 11 is 4.15. The van der Waals surface area contributed by atoms with E-state index in [-0.39, 0.29) is 0 Å². The lowest BCUT2D eigenvalue weighted by Crippen LogP contribution is -1.76. The summed E-state index contributed by atoms with van der Waals surface area (Å²) in [4.78, 5) is 0. The Kier molecular flexibility index (Phi) is 6.28. The van der Waals surface area contributed by atoms with E-state index >= 15 is 0 Å². The normalized spacial score (nSPS) is 12.1. The summed E-state index contributed by atoms with van der Waals surface area (Å²) in [6.07, 6.45) is 6.10. The summed E-state index contributed by atoms with van der Waals surface area (Å²) < 4.78 is 0. The zero-order valence-corrected chi connectivity index (χ0v) is 7.25. The number of thiol groups is 1. The molecule has 0 nitrogen and oxygen atoms in total. The minimum Gasteiger partial charge on any atom is -0.175 e. The van der Waals surface area contributed by atoms with E-state index in [1.54, 1.807) is 0 Å². The molecule has 0 aromatic heterocycles. The summed E-state index contributed by atoms with van der Waals surface area (Å²) in [7, 11) is 0. The molecule has 0 aliphatic rings. The van der Waals surface area contributed by atoms with Crippen molar-refractivity contribution in [2.45, 2.75) is 33.1 Å². The van der Waals surface area contributed by atoms with Gasteiger partial charge in [0.15, 0.2) is 0 Å². The first-order valence-electron chi connectivity index (χ1n) is 3.57. The van der Waals surface area contributed by atoms with Gasteiger partial charge in [-0.1, -0.05) is 31.4 Å². The maximum atomic E-state index is 4.15. The quantitative estimate of drug-likeness (QED) is 0.350. The van der Waals surface area contributed by atoms with Gasteiger partial charge in [-0.25, -0.2) is 0 Å². The van der Waals surface area contributed by atoms with Gasteiger partial charge in [-0.15, -0.1) is 0 Å². The molecule has 0 radical (unpaired) electrons. The molecule has 0 aliphatic carbocycles. The molecule has 0 amide bonds. The molecule has 0 rings (SSSR count). The molecule has 1 heteroatoms. The second kappa shape index (κ2) is 6.21. The van der Waals surface area contributed by atoms with Crippen molar-refractivity contribution in [3.63, 3.8) is 0 Å². The molecule has 0 atom stereocenters. The standard InChI is InChI=1S/C8H16S/c1-3-4-5-6-8(2)7-9/h6,9H,3-5,7H2,1-2H3. The average Bonchev–Trinajstić information content (AvgIpc) is 1.89. The Morgan fingerprint density at radius 2 is 2.22 bits per heavy atom. The van der Waals surface area contributed by atoms with Gasteiger partial charge < -0.3 is 0 Å². The Labute approximate surface area is 63.8 Å². The maximum Gasteiger partial charge on any atom is 0.0110 e. The number of hydrogen-bond donors (Lipinski definition) is 1. The van der Waals surface area contributed by atoms with Crippen LogP contribution in [0.3, 0.4) is 0 Å². The lowest BCUT2D eigenvalue weighted by atomic mass is 10.2. The maximum absolute atomic E-state index is 4.15. The topological polar surface area (TPSA) is 0 Å². The van der Waals surface area contributed by atoms with Crippen molar-refractivity contribution in [2.75, 3.05) is 5.75 Å². The van der Waals surface area contributed by atoms with E-state index in [9.17, 15) is 0 Å². The van der Waals surface area contributed by atoms with Crippen LogP contribution >= 0.6 is 12.6 Å². The van der Waals surface area contributed by atoms with Gasteiger partial charge in [0.25, 0.3) is 0 Å². The van der Waals surface area contributed by atoms with E-state index in [0.29, 0.717) is 0 Å². The summed E-state index contributed by atoms with van der Waals surface area (Å²) in [5, 5.41) is 0. The fourth-order valence-electron chi connectivity index (χ4n) is 0.617. The molecule has 0 fully saturated rings.